The van der Waals surface area contributed by atoms with E-state index in [0.29, 0.717) is 128 Å². The Morgan fingerprint density at radius 3 is 1.54 bits per heavy atom. The van der Waals surface area contributed by atoms with E-state index >= 15 is 0 Å². The maximum atomic E-state index is 13.9. The molecule has 0 aromatic carbocycles. The van der Waals surface area contributed by atoms with Crippen LogP contribution in [0.15, 0.2) is 81.2 Å². The highest BCUT2D eigenvalue weighted by molar-refractivity contribution is 7.09. The van der Waals surface area contributed by atoms with Crippen molar-refractivity contribution in [2.75, 3.05) is 48.7 Å². The summed E-state index contributed by atoms with van der Waals surface area (Å²) < 4.78 is 139. The molecule has 22 nitrogen and oxygen atoms in total. The molecule has 0 unspecified atom stereocenters. The summed E-state index contributed by atoms with van der Waals surface area (Å²) in [6.45, 7) is 19.5. The van der Waals surface area contributed by atoms with E-state index in [9.17, 15) is 39.5 Å². The van der Waals surface area contributed by atoms with Gasteiger partial charge in [0.1, 0.15) is 45.4 Å². The van der Waals surface area contributed by atoms with E-state index in [-0.39, 0.29) is 70.8 Å². The zero-order valence-electron chi connectivity index (χ0n) is 56.2. The number of halogens is 9. The van der Waals surface area contributed by atoms with E-state index in [2.05, 4.69) is 117 Å². The minimum Gasteiger partial charge on any atom is -0.361 e. The number of aromatic nitrogens is 13. The Labute approximate surface area is 578 Å². The van der Waals surface area contributed by atoms with Crippen LogP contribution in [0.3, 0.4) is 0 Å². The molecule has 9 aromatic rings. The maximum absolute atomic E-state index is 13.9. The van der Waals surface area contributed by atoms with Crippen molar-refractivity contribution in [2.45, 2.75) is 149 Å². The lowest BCUT2D eigenvalue weighted by molar-refractivity contribution is -0.139. The first kappa shape index (κ1) is 69.9. The van der Waals surface area contributed by atoms with Gasteiger partial charge in [0.2, 0.25) is 17.8 Å². The van der Waals surface area contributed by atoms with Crippen molar-refractivity contribution < 1.29 is 48.6 Å². The van der Waals surface area contributed by atoms with Gasteiger partial charge in [0.05, 0.1) is 74.6 Å². The number of hydrogen-bond donors (Lipinski definition) is 6. The topological polar surface area (TPSA) is 278 Å². The van der Waals surface area contributed by atoms with Gasteiger partial charge < -0.3 is 40.9 Å². The molecular formula is C69H71F9N20O2S. The van der Waals surface area contributed by atoms with Gasteiger partial charge in [-0.2, -0.15) is 43.9 Å². The number of nitrogens with one attached hydrogen (secondary N) is 6. The van der Waals surface area contributed by atoms with Crippen LogP contribution in [0.25, 0.3) is 44.4 Å². The monoisotopic (exact) mass is 1410 g/mol. The fourth-order valence-electron chi connectivity index (χ4n) is 13.2. The Morgan fingerprint density at radius 2 is 1.05 bits per heavy atom. The summed E-state index contributed by atoms with van der Waals surface area (Å²) in [6.07, 6.45) is -2.21. The number of alkyl halides is 9. The van der Waals surface area contributed by atoms with Gasteiger partial charge in [-0.05, 0) is 135 Å². The molecule has 0 spiro atoms. The maximum Gasteiger partial charge on any atom is 0.420 e. The Bertz CT molecular complexity index is 4640. The van der Waals surface area contributed by atoms with Crippen LogP contribution >= 0.6 is 11.5 Å². The highest BCUT2D eigenvalue weighted by Gasteiger charge is 2.41. The molecule has 0 amide bonds. The Morgan fingerprint density at radius 1 is 0.545 bits per heavy atom. The van der Waals surface area contributed by atoms with Crippen molar-refractivity contribution in [1.29, 1.82) is 0 Å². The number of anilines is 3. The number of allylic oxidation sites excluding steroid dienone is 2. The number of rotatable bonds is 12. The number of pyridine rings is 3. The molecule has 0 saturated carbocycles. The van der Waals surface area contributed by atoms with Crippen LogP contribution in [0.1, 0.15) is 149 Å². The summed E-state index contributed by atoms with van der Waals surface area (Å²) in [5.41, 5.74) is 6.65. The molecule has 6 aliphatic rings. The van der Waals surface area contributed by atoms with Gasteiger partial charge in [-0.3, -0.25) is 9.98 Å². The summed E-state index contributed by atoms with van der Waals surface area (Å²) in [5.74, 6) is 2.83. The van der Waals surface area contributed by atoms with Gasteiger partial charge in [-0.1, -0.05) is 41.5 Å². The fraction of sp³-hybridized carbons (Fsp3) is 0.420. The second-order valence-electron chi connectivity index (χ2n) is 26.3. The van der Waals surface area contributed by atoms with Crippen molar-refractivity contribution in [3.05, 3.63) is 163 Å². The predicted octanol–water partition coefficient (Wildman–Crippen LogP) is 12.9. The fourth-order valence-corrected chi connectivity index (χ4v) is 13.8. The Balaban J connectivity index is 0.000000136. The normalized spacial score (nSPS) is 19.4. The van der Waals surface area contributed by atoms with E-state index in [4.69, 9.17) is 14.0 Å². The Kier molecular flexibility index (Phi) is 19.5. The lowest BCUT2D eigenvalue weighted by atomic mass is 9.91. The van der Waals surface area contributed by atoms with Crippen molar-refractivity contribution in [3.63, 3.8) is 0 Å². The summed E-state index contributed by atoms with van der Waals surface area (Å²) in [6, 6.07) is 10.8. The second-order valence-corrected chi connectivity index (χ2v) is 27.1. The van der Waals surface area contributed by atoms with Gasteiger partial charge in [0, 0.05) is 103 Å². The van der Waals surface area contributed by atoms with Crippen molar-refractivity contribution in [1.82, 2.24) is 80.5 Å². The van der Waals surface area contributed by atoms with Crippen LogP contribution in [0.4, 0.5) is 57.4 Å². The van der Waals surface area contributed by atoms with Crippen molar-refractivity contribution in [3.8, 4) is 33.2 Å². The molecule has 0 radical (unpaired) electrons. The zero-order valence-corrected chi connectivity index (χ0v) is 57.1. The SMILES string of the molecule is Cc1noc(C)c1-c1ccc2c(n1)CC=C2c1nc(N[C@@H]2CNCC[C@@H]2C)ncc1C(F)(F)F.Cc1noc(C)c1-c1ccc2c(n1)CN=C2c1nc(N[C@H]2CCC(C)(C)NC2)ncc1C(F)(F)F.Cc1nsc(-c2ccc3c(n2)CC=C3c2nc(N[C@H]3CCCNC3)ncc2C(F)(F)F)n1. The number of fused-ring (bicyclic) bond motifs is 3. The molecular weight excluding hydrogens is 1340 g/mol. The van der Waals surface area contributed by atoms with Crippen LogP contribution in [-0.2, 0) is 37.9 Å². The third-order valence-corrected chi connectivity index (χ3v) is 19.4. The lowest BCUT2D eigenvalue weighted by Gasteiger charge is -2.36. The van der Waals surface area contributed by atoms with Crippen LogP contribution < -0.4 is 31.9 Å². The van der Waals surface area contributed by atoms with Gasteiger partial charge in [-0.15, -0.1) is 0 Å². The van der Waals surface area contributed by atoms with Crippen molar-refractivity contribution >= 4 is 46.2 Å². The molecule has 6 N–H and O–H groups in total. The lowest BCUT2D eigenvalue weighted by Crippen LogP contribution is -2.50. The van der Waals surface area contributed by atoms with E-state index in [1.807, 2.05) is 20.8 Å². The van der Waals surface area contributed by atoms with E-state index in [1.165, 1.54) is 11.5 Å². The molecule has 0 bridgehead atoms. The molecule has 4 atom stereocenters. The van der Waals surface area contributed by atoms with Gasteiger partial charge in [0.15, 0.2) is 5.01 Å². The molecule has 15 rings (SSSR count). The first-order valence-electron chi connectivity index (χ1n) is 33.0. The van der Waals surface area contributed by atoms with Crippen LogP contribution in [0.2, 0.25) is 0 Å². The molecule has 528 valence electrons. The van der Waals surface area contributed by atoms with E-state index in [0.717, 1.165) is 81.5 Å². The quantitative estimate of drug-likeness (QED) is 0.0620. The molecule has 2 aliphatic carbocycles. The molecule has 3 saturated heterocycles. The van der Waals surface area contributed by atoms with Gasteiger partial charge >= 0.3 is 18.5 Å². The second kappa shape index (κ2) is 28.1. The predicted molar refractivity (Wildman–Crippen MR) is 361 cm³/mol. The van der Waals surface area contributed by atoms with Crippen LogP contribution in [0, 0.1) is 40.5 Å². The number of nitrogens with zero attached hydrogens (tertiary/aromatic N) is 14. The smallest absolute Gasteiger partial charge is 0.361 e. The third-order valence-electron chi connectivity index (χ3n) is 18.5. The first-order chi connectivity index (χ1) is 48.1. The highest BCUT2D eigenvalue weighted by Crippen LogP contribution is 2.43. The number of piperidine rings is 3. The van der Waals surface area contributed by atoms with E-state index < -0.39 is 35.2 Å². The summed E-state index contributed by atoms with van der Waals surface area (Å²) in [5, 5.41) is 28.2. The first-order valence-corrected chi connectivity index (χ1v) is 33.8. The molecule has 3 fully saturated rings. The molecule has 9 aromatic heterocycles. The summed E-state index contributed by atoms with van der Waals surface area (Å²) in [7, 11) is 0. The minimum absolute atomic E-state index is 0.0182. The van der Waals surface area contributed by atoms with Gasteiger partial charge in [-0.25, -0.2) is 44.9 Å². The molecule has 101 heavy (non-hydrogen) atoms. The largest absolute Gasteiger partial charge is 0.420 e. The van der Waals surface area contributed by atoms with Crippen LogP contribution in [0.5, 0.6) is 0 Å². The molecule has 4 aliphatic heterocycles. The minimum atomic E-state index is -4.63. The number of aryl methyl sites for hydroxylation is 5. The summed E-state index contributed by atoms with van der Waals surface area (Å²) >= 11 is 1.25. The van der Waals surface area contributed by atoms with E-state index in [1.54, 1.807) is 62.4 Å². The standard InChI is InChI=1S/C24H26F3N7O.C24H25F3N6O.C21H20F3N7S/c1-12-19(13(2)35-34-12)17-6-5-15-18(32-17)11-28-20(15)21-16(24(25,26)27)10-29-22(33-21)31-14-7-8-23(3,4)30-9-14;1-12-8-9-28-11-20(12)31-23-29-10-17(24(25,26)27)22(32-23)16-5-6-18-15(16)4-7-19(30-18)21-13(2)33-34-14(21)3;1-11-27-19(32-31-11)17-7-4-13-14(5-6-16(13)29-17)18-15(21(22,23)24)10-26-20(30-18)28-12-3-2-8-25-9-12/h5-6,10,14,30H,7-9,11H2,1-4H3,(H,29,31,33);4-5,7,10,12,20,28H,6,8-9,11H2,1-3H3,(H,29,31,32);4-5,7,10,12,25H,2-3,6,8-9H2,1H3,(H,26,28,30)/t14-;12-,20+;12-/m000/s1. The molecule has 32 heteroatoms. The van der Waals surface area contributed by atoms with Crippen LogP contribution in [-0.4, -0.2) is 127 Å². The highest BCUT2D eigenvalue weighted by atomic mass is 32.1. The average molecular weight is 1420 g/mol. The Hall–Kier alpha value is -9.53. The zero-order chi connectivity index (χ0) is 71.3. The average Bonchev–Trinajstić information content (AvgIpc) is 1.69. The van der Waals surface area contributed by atoms with Crippen molar-refractivity contribution in [2.24, 2.45) is 10.9 Å². The van der Waals surface area contributed by atoms with Gasteiger partial charge in [0.25, 0.3) is 0 Å². The third kappa shape index (κ3) is 15.3. The summed E-state index contributed by atoms with van der Waals surface area (Å²) in [4.78, 5) is 47.6. The number of hydrogen-bond acceptors (Lipinski definition) is 23. The molecule has 13 heterocycles. The number of aliphatic imine (C=N–C) groups is 1.